The number of carboxylic acid groups (broad SMARTS) is 1. The Morgan fingerprint density at radius 3 is 2.90 bits per heavy atom. The first-order valence-electron chi connectivity index (χ1n) is 5.98. The van der Waals surface area contributed by atoms with Gasteiger partial charge in [0.2, 0.25) is 0 Å². The number of aromatic carboxylic acids is 1. The molecular weight excluding hydrogens is 274 g/mol. The summed E-state index contributed by atoms with van der Waals surface area (Å²) < 4.78 is 0. The third-order valence-corrected chi connectivity index (χ3v) is 3.89. The van der Waals surface area contributed by atoms with E-state index >= 15 is 0 Å². The molecule has 102 valence electrons. The molecule has 0 saturated heterocycles. The molecule has 2 rings (SSSR count). The van der Waals surface area contributed by atoms with Crippen molar-refractivity contribution in [3.05, 3.63) is 45.4 Å². The molecule has 0 fully saturated rings. The van der Waals surface area contributed by atoms with Crippen molar-refractivity contribution in [3.63, 3.8) is 0 Å². The molecule has 1 atom stereocenters. The predicted molar refractivity (Wildman–Crippen MR) is 77.0 cm³/mol. The summed E-state index contributed by atoms with van der Waals surface area (Å²) in [7, 11) is 0. The molecule has 0 aliphatic rings. The van der Waals surface area contributed by atoms with Gasteiger partial charge in [0.25, 0.3) is 0 Å². The first-order chi connectivity index (χ1) is 9.52. The molecule has 0 bridgehead atoms. The average Bonchev–Trinajstić information content (AvgIpc) is 2.91. The summed E-state index contributed by atoms with van der Waals surface area (Å²) in [6.45, 7) is 3.80. The van der Waals surface area contributed by atoms with Crippen molar-refractivity contribution in [1.82, 2.24) is 4.98 Å². The highest BCUT2D eigenvalue weighted by Crippen LogP contribution is 2.27. The zero-order valence-corrected chi connectivity index (χ0v) is 11.9. The lowest BCUT2D eigenvalue weighted by Crippen LogP contribution is -2.09. The van der Waals surface area contributed by atoms with Gasteiger partial charge in [-0.3, -0.25) is 0 Å². The summed E-state index contributed by atoms with van der Waals surface area (Å²) in [6.07, 6.45) is 0. The molecule has 1 aromatic carbocycles. The molecule has 1 aromatic heterocycles. The van der Waals surface area contributed by atoms with E-state index in [2.05, 4.69) is 16.4 Å². The maximum Gasteiger partial charge on any atom is 0.355 e. The van der Waals surface area contributed by atoms with Crippen molar-refractivity contribution in [2.45, 2.75) is 19.9 Å². The molecule has 1 unspecified atom stereocenters. The van der Waals surface area contributed by atoms with Crippen LogP contribution in [0.3, 0.4) is 0 Å². The summed E-state index contributed by atoms with van der Waals surface area (Å²) in [5.41, 5.74) is 2.33. The number of rotatable bonds is 4. The van der Waals surface area contributed by atoms with E-state index in [9.17, 15) is 4.79 Å². The summed E-state index contributed by atoms with van der Waals surface area (Å²) in [4.78, 5) is 14.9. The Morgan fingerprint density at radius 1 is 1.55 bits per heavy atom. The number of nitrogens with one attached hydrogen (secondary N) is 1. The van der Waals surface area contributed by atoms with E-state index in [0.717, 1.165) is 11.3 Å². The van der Waals surface area contributed by atoms with Crippen molar-refractivity contribution < 1.29 is 9.90 Å². The van der Waals surface area contributed by atoms with E-state index in [1.807, 2.05) is 26.0 Å². The van der Waals surface area contributed by atoms with E-state index in [0.29, 0.717) is 10.6 Å². The lowest BCUT2D eigenvalue weighted by Gasteiger charge is -2.16. The SMILES string of the molecule is Cc1cccc(C#N)c1NC(C)c1nc(C(=O)O)cs1. The van der Waals surface area contributed by atoms with Crippen LogP contribution in [0.2, 0.25) is 0 Å². The van der Waals surface area contributed by atoms with Gasteiger partial charge in [-0.15, -0.1) is 11.3 Å². The van der Waals surface area contributed by atoms with Gasteiger partial charge in [0.05, 0.1) is 17.3 Å². The highest BCUT2D eigenvalue weighted by Gasteiger charge is 2.15. The third-order valence-electron chi connectivity index (χ3n) is 2.87. The van der Waals surface area contributed by atoms with Crippen LogP contribution in [0.1, 0.15) is 39.6 Å². The number of carboxylic acids is 1. The van der Waals surface area contributed by atoms with E-state index in [1.54, 1.807) is 6.07 Å². The number of carbonyl (C=O) groups is 1. The van der Waals surface area contributed by atoms with Gasteiger partial charge >= 0.3 is 5.97 Å². The van der Waals surface area contributed by atoms with Crippen molar-refractivity contribution in [3.8, 4) is 6.07 Å². The Morgan fingerprint density at radius 2 is 2.30 bits per heavy atom. The second-order valence-corrected chi connectivity index (χ2v) is 5.24. The van der Waals surface area contributed by atoms with Crippen LogP contribution < -0.4 is 5.32 Å². The highest BCUT2D eigenvalue weighted by atomic mass is 32.1. The normalized spacial score (nSPS) is 11.7. The summed E-state index contributed by atoms with van der Waals surface area (Å²) >= 11 is 1.29. The van der Waals surface area contributed by atoms with Gasteiger partial charge in [0.15, 0.2) is 5.69 Å². The topological polar surface area (TPSA) is 86.0 Å². The first-order valence-corrected chi connectivity index (χ1v) is 6.86. The van der Waals surface area contributed by atoms with Crippen LogP contribution >= 0.6 is 11.3 Å². The van der Waals surface area contributed by atoms with E-state index in [1.165, 1.54) is 16.7 Å². The molecule has 0 aliphatic heterocycles. The number of aromatic nitrogens is 1. The number of nitrogens with zero attached hydrogens (tertiary/aromatic N) is 2. The molecule has 2 N–H and O–H groups in total. The molecule has 0 amide bonds. The van der Waals surface area contributed by atoms with Crippen LogP contribution in [0, 0.1) is 18.3 Å². The number of hydrogen-bond acceptors (Lipinski definition) is 5. The Balaban J connectivity index is 2.25. The smallest absolute Gasteiger partial charge is 0.355 e. The van der Waals surface area contributed by atoms with Gasteiger partial charge in [-0.1, -0.05) is 12.1 Å². The molecule has 0 radical (unpaired) electrons. The Labute approximate surface area is 120 Å². The molecule has 6 heteroatoms. The largest absolute Gasteiger partial charge is 0.476 e. The van der Waals surface area contributed by atoms with Crippen LogP contribution in [0.4, 0.5) is 5.69 Å². The van der Waals surface area contributed by atoms with Gasteiger partial charge in [0, 0.05) is 5.38 Å². The Hall–Kier alpha value is -2.39. The molecule has 0 spiro atoms. The summed E-state index contributed by atoms with van der Waals surface area (Å²) in [5.74, 6) is -1.03. The minimum atomic E-state index is -1.03. The molecular formula is C14H13N3O2S. The van der Waals surface area contributed by atoms with Crippen molar-refractivity contribution in [2.24, 2.45) is 0 Å². The molecule has 2 aromatic rings. The molecule has 0 aliphatic carbocycles. The number of aryl methyl sites for hydroxylation is 1. The van der Waals surface area contributed by atoms with E-state index < -0.39 is 5.97 Å². The number of thiazole rings is 1. The fourth-order valence-electron chi connectivity index (χ4n) is 1.82. The van der Waals surface area contributed by atoms with Crippen LogP contribution in [-0.4, -0.2) is 16.1 Å². The Bertz CT molecular complexity index is 688. The lowest BCUT2D eigenvalue weighted by molar-refractivity contribution is 0.0691. The van der Waals surface area contributed by atoms with Crippen molar-refractivity contribution >= 4 is 23.0 Å². The highest BCUT2D eigenvalue weighted by molar-refractivity contribution is 7.09. The molecule has 20 heavy (non-hydrogen) atoms. The monoisotopic (exact) mass is 287 g/mol. The number of hydrogen-bond donors (Lipinski definition) is 2. The van der Waals surface area contributed by atoms with Gasteiger partial charge in [0.1, 0.15) is 11.1 Å². The zero-order chi connectivity index (χ0) is 14.7. The fourth-order valence-corrected chi connectivity index (χ4v) is 2.62. The maximum absolute atomic E-state index is 10.8. The molecule has 1 heterocycles. The van der Waals surface area contributed by atoms with Crippen molar-refractivity contribution in [2.75, 3.05) is 5.32 Å². The van der Waals surface area contributed by atoms with Crippen LogP contribution in [-0.2, 0) is 0 Å². The standard InChI is InChI=1S/C14H13N3O2S/c1-8-4-3-5-10(6-15)12(8)16-9(2)13-17-11(7-20-13)14(18)19/h3-5,7,9,16H,1-2H3,(H,18,19). The third kappa shape index (κ3) is 2.78. The van der Waals surface area contributed by atoms with Gasteiger partial charge in [-0.05, 0) is 25.5 Å². The molecule has 5 nitrogen and oxygen atoms in total. The van der Waals surface area contributed by atoms with E-state index in [4.69, 9.17) is 10.4 Å². The number of nitriles is 1. The Kier molecular flexibility index (Phi) is 4.01. The van der Waals surface area contributed by atoms with Gasteiger partial charge < -0.3 is 10.4 Å². The maximum atomic E-state index is 10.8. The molecule has 0 saturated carbocycles. The average molecular weight is 287 g/mol. The zero-order valence-electron chi connectivity index (χ0n) is 11.0. The van der Waals surface area contributed by atoms with Crippen LogP contribution in [0.5, 0.6) is 0 Å². The summed E-state index contributed by atoms with van der Waals surface area (Å²) in [6, 6.07) is 7.47. The minimum absolute atomic E-state index is 0.0453. The van der Waals surface area contributed by atoms with Crippen LogP contribution in [0.25, 0.3) is 0 Å². The van der Waals surface area contributed by atoms with E-state index in [-0.39, 0.29) is 11.7 Å². The second kappa shape index (κ2) is 5.72. The van der Waals surface area contributed by atoms with Crippen LogP contribution in [0.15, 0.2) is 23.6 Å². The number of anilines is 1. The number of para-hydroxylation sites is 1. The second-order valence-electron chi connectivity index (χ2n) is 4.35. The van der Waals surface area contributed by atoms with Gasteiger partial charge in [-0.2, -0.15) is 5.26 Å². The number of benzene rings is 1. The lowest BCUT2D eigenvalue weighted by atomic mass is 10.1. The minimum Gasteiger partial charge on any atom is -0.476 e. The van der Waals surface area contributed by atoms with Gasteiger partial charge in [-0.25, -0.2) is 9.78 Å². The van der Waals surface area contributed by atoms with Crippen molar-refractivity contribution in [1.29, 1.82) is 5.26 Å². The quantitative estimate of drug-likeness (QED) is 0.901. The predicted octanol–water partition coefficient (Wildman–Crippen LogP) is 3.19. The first kappa shape index (κ1) is 14.0. The summed E-state index contributed by atoms with van der Waals surface area (Å²) in [5, 5.41) is 23.4. The fraction of sp³-hybridized carbons (Fsp3) is 0.214.